The Labute approximate surface area is 118 Å². The molecule has 2 amide bonds. The molecule has 8 nitrogen and oxygen atoms in total. The Kier molecular flexibility index (Phi) is 5.51. The van der Waals surface area contributed by atoms with Crippen LogP contribution in [0.3, 0.4) is 0 Å². The first-order valence-corrected chi connectivity index (χ1v) is 6.41. The van der Waals surface area contributed by atoms with Crippen molar-refractivity contribution in [3.05, 3.63) is 11.3 Å². The summed E-state index contributed by atoms with van der Waals surface area (Å²) in [5, 5.41) is 7.54. The van der Waals surface area contributed by atoms with Gasteiger partial charge in [-0.05, 0) is 13.5 Å². The summed E-state index contributed by atoms with van der Waals surface area (Å²) in [7, 11) is 1.76. The second-order valence-electron chi connectivity index (χ2n) is 4.58. The molecule has 0 saturated heterocycles. The van der Waals surface area contributed by atoms with Crippen molar-refractivity contribution in [1.82, 2.24) is 15.1 Å². The van der Waals surface area contributed by atoms with E-state index in [0.29, 0.717) is 12.4 Å². The molecule has 1 aromatic rings. The van der Waals surface area contributed by atoms with Crippen LogP contribution >= 0.6 is 0 Å². The van der Waals surface area contributed by atoms with Crippen LogP contribution in [0.2, 0.25) is 0 Å². The number of primary amides is 2. The number of nitrogens with one attached hydrogen (secondary N) is 1. The Balaban J connectivity index is 3.16. The van der Waals surface area contributed by atoms with Crippen molar-refractivity contribution < 1.29 is 9.59 Å². The van der Waals surface area contributed by atoms with Gasteiger partial charge in [-0.15, -0.1) is 0 Å². The topological polar surface area (TPSA) is 119 Å². The molecule has 0 fully saturated rings. The first-order chi connectivity index (χ1) is 9.36. The number of carbonyl (C=O) groups is 2. The lowest BCUT2D eigenvalue weighted by Crippen LogP contribution is -2.41. The van der Waals surface area contributed by atoms with E-state index in [0.717, 1.165) is 17.8 Å². The molecule has 0 atom stereocenters. The quantitative estimate of drug-likeness (QED) is 0.542. The van der Waals surface area contributed by atoms with Gasteiger partial charge in [-0.25, -0.2) is 0 Å². The summed E-state index contributed by atoms with van der Waals surface area (Å²) < 4.78 is 1.63. The molecular formula is C12H22N6O2. The maximum Gasteiger partial charge on any atom is 0.237 e. The Morgan fingerprint density at radius 3 is 2.30 bits per heavy atom. The summed E-state index contributed by atoms with van der Waals surface area (Å²) in [5.74, 6) is -0.375. The van der Waals surface area contributed by atoms with Gasteiger partial charge >= 0.3 is 0 Å². The third kappa shape index (κ3) is 3.95. The second kappa shape index (κ2) is 6.90. The van der Waals surface area contributed by atoms with Gasteiger partial charge in [0.15, 0.2) is 0 Å². The highest BCUT2D eigenvalue weighted by Gasteiger charge is 2.21. The van der Waals surface area contributed by atoms with Crippen LogP contribution in [-0.2, 0) is 23.2 Å². The van der Waals surface area contributed by atoms with Crippen molar-refractivity contribution in [2.24, 2.45) is 18.5 Å². The van der Waals surface area contributed by atoms with Crippen molar-refractivity contribution in [1.29, 1.82) is 0 Å². The Hall–Kier alpha value is -2.09. The Morgan fingerprint density at radius 2 is 1.85 bits per heavy atom. The molecule has 0 spiro atoms. The molecule has 0 aromatic carbocycles. The molecule has 0 unspecified atom stereocenters. The van der Waals surface area contributed by atoms with E-state index in [-0.39, 0.29) is 13.1 Å². The normalized spacial score (nSPS) is 10.6. The highest BCUT2D eigenvalue weighted by Crippen LogP contribution is 2.22. The molecule has 1 rings (SSSR count). The lowest BCUT2D eigenvalue weighted by Gasteiger charge is -2.23. The lowest BCUT2D eigenvalue weighted by atomic mass is 10.2. The molecule has 0 bridgehead atoms. The summed E-state index contributed by atoms with van der Waals surface area (Å²) in [6.45, 7) is 5.11. The van der Waals surface area contributed by atoms with Gasteiger partial charge in [-0.3, -0.25) is 14.3 Å². The van der Waals surface area contributed by atoms with Gasteiger partial charge in [-0.2, -0.15) is 5.10 Å². The molecule has 0 aliphatic carbocycles. The molecule has 0 aliphatic heterocycles. The average Bonchev–Trinajstić information content (AvgIpc) is 2.59. The Morgan fingerprint density at radius 1 is 1.30 bits per heavy atom. The zero-order chi connectivity index (χ0) is 15.3. The number of nitrogens with zero attached hydrogens (tertiary/aromatic N) is 3. The molecule has 1 aromatic heterocycles. The number of carbonyl (C=O) groups excluding carboxylic acids is 2. The molecule has 5 N–H and O–H groups in total. The van der Waals surface area contributed by atoms with Crippen molar-refractivity contribution >= 4 is 17.6 Å². The van der Waals surface area contributed by atoms with Gasteiger partial charge in [0.2, 0.25) is 11.8 Å². The molecule has 0 saturated carbocycles. The van der Waals surface area contributed by atoms with E-state index < -0.39 is 11.8 Å². The number of aromatic nitrogens is 2. The van der Waals surface area contributed by atoms with E-state index in [2.05, 4.69) is 10.4 Å². The molecule has 0 aliphatic rings. The largest absolute Gasteiger partial charge is 0.368 e. The molecule has 1 heterocycles. The predicted octanol–water partition coefficient (Wildman–Crippen LogP) is -1.38. The molecule has 112 valence electrons. The van der Waals surface area contributed by atoms with Crippen molar-refractivity contribution in [2.75, 3.05) is 24.5 Å². The minimum atomic E-state index is -0.528. The molecule has 8 heteroatoms. The minimum absolute atomic E-state index is 0.0823. The van der Waals surface area contributed by atoms with Crippen molar-refractivity contribution in [2.45, 2.75) is 20.4 Å². The van der Waals surface area contributed by atoms with E-state index in [1.807, 2.05) is 13.8 Å². The van der Waals surface area contributed by atoms with Crippen LogP contribution < -0.4 is 21.7 Å². The number of hydrogen-bond acceptors (Lipinski definition) is 5. The zero-order valence-corrected chi connectivity index (χ0v) is 12.1. The number of rotatable bonds is 8. The maximum absolute atomic E-state index is 11.2. The Bertz CT molecular complexity index is 480. The summed E-state index contributed by atoms with van der Waals surface area (Å²) in [6.07, 6.45) is 0. The van der Waals surface area contributed by atoms with Gasteiger partial charge in [0, 0.05) is 19.2 Å². The van der Waals surface area contributed by atoms with Crippen LogP contribution in [0, 0.1) is 6.92 Å². The fourth-order valence-electron chi connectivity index (χ4n) is 2.12. The van der Waals surface area contributed by atoms with Crippen LogP contribution in [0.4, 0.5) is 5.82 Å². The van der Waals surface area contributed by atoms with Gasteiger partial charge in [0.05, 0.1) is 18.8 Å². The molecular weight excluding hydrogens is 260 g/mol. The molecule has 0 radical (unpaired) electrons. The minimum Gasteiger partial charge on any atom is -0.368 e. The SMILES string of the molecule is CCNCc1c(C)nn(C)c1N(CC(N)=O)CC(N)=O. The van der Waals surface area contributed by atoms with Crippen LogP contribution in [-0.4, -0.2) is 41.2 Å². The van der Waals surface area contributed by atoms with E-state index in [9.17, 15) is 9.59 Å². The fraction of sp³-hybridized carbons (Fsp3) is 0.583. The summed E-state index contributed by atoms with van der Waals surface area (Å²) in [4.78, 5) is 23.9. The third-order valence-electron chi connectivity index (χ3n) is 2.86. The average molecular weight is 282 g/mol. The van der Waals surface area contributed by atoms with Crippen LogP contribution in [0.1, 0.15) is 18.2 Å². The second-order valence-corrected chi connectivity index (χ2v) is 4.58. The van der Waals surface area contributed by atoms with Crippen LogP contribution in [0.5, 0.6) is 0 Å². The monoisotopic (exact) mass is 282 g/mol. The number of anilines is 1. The number of aryl methyl sites for hydroxylation is 2. The lowest BCUT2D eigenvalue weighted by molar-refractivity contribution is -0.117. The van der Waals surface area contributed by atoms with Crippen LogP contribution in [0.25, 0.3) is 0 Å². The third-order valence-corrected chi connectivity index (χ3v) is 2.86. The highest BCUT2D eigenvalue weighted by atomic mass is 16.2. The van der Waals surface area contributed by atoms with Gasteiger partial charge in [-0.1, -0.05) is 6.92 Å². The standard InChI is InChI=1S/C12H22N6O2/c1-4-15-5-9-8(2)16-17(3)12(9)18(6-10(13)19)7-11(14)20/h15H,4-7H2,1-3H3,(H2,13,19)(H2,14,20). The number of nitrogens with two attached hydrogens (primary N) is 2. The zero-order valence-electron chi connectivity index (χ0n) is 12.1. The molecule has 20 heavy (non-hydrogen) atoms. The first-order valence-electron chi connectivity index (χ1n) is 6.41. The van der Waals surface area contributed by atoms with E-state index in [1.165, 1.54) is 0 Å². The van der Waals surface area contributed by atoms with Gasteiger partial charge in [0.25, 0.3) is 0 Å². The van der Waals surface area contributed by atoms with Crippen LogP contribution in [0.15, 0.2) is 0 Å². The highest BCUT2D eigenvalue weighted by molar-refractivity contribution is 5.84. The van der Waals surface area contributed by atoms with Crippen molar-refractivity contribution in [3.8, 4) is 0 Å². The summed E-state index contributed by atoms with van der Waals surface area (Å²) >= 11 is 0. The van der Waals surface area contributed by atoms with Crippen molar-refractivity contribution in [3.63, 3.8) is 0 Å². The first kappa shape index (κ1) is 16.0. The van der Waals surface area contributed by atoms with Gasteiger partial charge in [0.1, 0.15) is 5.82 Å². The predicted molar refractivity (Wildman–Crippen MR) is 75.9 cm³/mol. The fourth-order valence-corrected chi connectivity index (χ4v) is 2.12. The number of hydrogen-bond donors (Lipinski definition) is 3. The van der Waals surface area contributed by atoms with E-state index in [1.54, 1.807) is 16.6 Å². The number of amides is 2. The smallest absolute Gasteiger partial charge is 0.237 e. The summed E-state index contributed by atoms with van der Waals surface area (Å²) in [6, 6.07) is 0. The maximum atomic E-state index is 11.2. The van der Waals surface area contributed by atoms with E-state index >= 15 is 0 Å². The van der Waals surface area contributed by atoms with Gasteiger partial charge < -0.3 is 21.7 Å². The summed E-state index contributed by atoms with van der Waals surface area (Å²) in [5.41, 5.74) is 12.2. The van der Waals surface area contributed by atoms with E-state index in [4.69, 9.17) is 11.5 Å².